The number of thioether (sulfide) groups is 1. The van der Waals surface area contributed by atoms with Gasteiger partial charge in [0.25, 0.3) is 0 Å². The minimum absolute atomic E-state index is 0.494. The summed E-state index contributed by atoms with van der Waals surface area (Å²) in [6.45, 7) is 0. The lowest BCUT2D eigenvalue weighted by Crippen LogP contribution is -2.19. The van der Waals surface area contributed by atoms with E-state index in [1.165, 1.54) is 0 Å². The van der Waals surface area contributed by atoms with Crippen LogP contribution in [0.3, 0.4) is 0 Å². The van der Waals surface area contributed by atoms with Crippen molar-refractivity contribution < 1.29 is 9.47 Å². The van der Waals surface area contributed by atoms with Gasteiger partial charge in [-0.3, -0.25) is 0 Å². The smallest absolute Gasteiger partial charge is 0.175 e. The zero-order valence-electron chi connectivity index (χ0n) is 12.7. The van der Waals surface area contributed by atoms with Gasteiger partial charge in [-0.15, -0.1) is 11.8 Å². The van der Waals surface area contributed by atoms with E-state index in [0.29, 0.717) is 10.9 Å². The van der Waals surface area contributed by atoms with Crippen molar-refractivity contribution in [3.8, 4) is 11.5 Å². The number of nitrogens with one attached hydrogen (secondary N) is 2. The van der Waals surface area contributed by atoms with Crippen LogP contribution in [0.15, 0.2) is 47.4 Å². The summed E-state index contributed by atoms with van der Waals surface area (Å²) in [5.74, 6) is 1.43. The van der Waals surface area contributed by atoms with Crippen LogP contribution < -0.4 is 20.1 Å². The summed E-state index contributed by atoms with van der Waals surface area (Å²) in [4.78, 5) is 1.13. The lowest BCUT2D eigenvalue weighted by molar-refractivity contribution is 0.405. The third-order valence-electron chi connectivity index (χ3n) is 3.01. The summed E-state index contributed by atoms with van der Waals surface area (Å²) in [6, 6.07) is 13.5. The largest absolute Gasteiger partial charge is 0.497 e. The van der Waals surface area contributed by atoms with Gasteiger partial charge in [0.2, 0.25) is 0 Å². The van der Waals surface area contributed by atoms with Gasteiger partial charge in [0.1, 0.15) is 11.5 Å². The van der Waals surface area contributed by atoms with E-state index in [1.54, 1.807) is 26.0 Å². The predicted molar refractivity (Wildman–Crippen MR) is 97.6 cm³/mol. The van der Waals surface area contributed by atoms with E-state index < -0.39 is 0 Å². The summed E-state index contributed by atoms with van der Waals surface area (Å²) in [7, 11) is 3.24. The van der Waals surface area contributed by atoms with Gasteiger partial charge >= 0.3 is 0 Å². The number of hydrogen-bond acceptors (Lipinski definition) is 4. The highest BCUT2D eigenvalue weighted by molar-refractivity contribution is 7.98. The maximum absolute atomic E-state index is 5.38. The van der Waals surface area contributed by atoms with Crippen LogP contribution in [-0.2, 0) is 0 Å². The fourth-order valence-electron chi connectivity index (χ4n) is 1.94. The molecule has 22 heavy (non-hydrogen) atoms. The molecule has 0 heterocycles. The highest BCUT2D eigenvalue weighted by atomic mass is 32.2. The fraction of sp³-hybridized carbons (Fsp3) is 0.188. The molecule has 0 aromatic heterocycles. The van der Waals surface area contributed by atoms with Crippen molar-refractivity contribution in [1.29, 1.82) is 0 Å². The van der Waals surface area contributed by atoms with Crippen LogP contribution in [-0.4, -0.2) is 25.6 Å². The second kappa shape index (κ2) is 7.91. The van der Waals surface area contributed by atoms with Crippen LogP contribution in [0.5, 0.6) is 11.5 Å². The van der Waals surface area contributed by atoms with Gasteiger partial charge in [-0.1, -0.05) is 12.1 Å². The molecule has 0 spiro atoms. The van der Waals surface area contributed by atoms with Gasteiger partial charge in [0, 0.05) is 11.0 Å². The summed E-state index contributed by atoms with van der Waals surface area (Å²) >= 11 is 7.05. The van der Waals surface area contributed by atoms with Gasteiger partial charge in [-0.25, -0.2) is 0 Å². The van der Waals surface area contributed by atoms with E-state index in [-0.39, 0.29) is 0 Å². The van der Waals surface area contributed by atoms with Crippen LogP contribution in [0.4, 0.5) is 11.4 Å². The van der Waals surface area contributed by atoms with Crippen LogP contribution in [0.1, 0.15) is 0 Å². The maximum Gasteiger partial charge on any atom is 0.175 e. The topological polar surface area (TPSA) is 42.5 Å². The molecule has 0 bridgehead atoms. The monoisotopic (exact) mass is 334 g/mol. The molecular weight excluding hydrogens is 316 g/mol. The van der Waals surface area contributed by atoms with E-state index in [1.807, 2.05) is 48.7 Å². The van der Waals surface area contributed by atoms with E-state index in [2.05, 4.69) is 10.6 Å². The average Bonchev–Trinajstić information content (AvgIpc) is 2.55. The Labute approximate surface area is 140 Å². The molecule has 0 unspecified atom stereocenters. The molecule has 0 aliphatic carbocycles. The molecule has 116 valence electrons. The highest BCUT2D eigenvalue weighted by Gasteiger charge is 2.08. The zero-order valence-corrected chi connectivity index (χ0v) is 14.3. The van der Waals surface area contributed by atoms with E-state index in [4.69, 9.17) is 21.7 Å². The molecule has 0 aliphatic rings. The normalized spacial score (nSPS) is 9.95. The van der Waals surface area contributed by atoms with Crippen molar-refractivity contribution >= 4 is 40.5 Å². The first-order chi connectivity index (χ1) is 10.7. The standard InChI is InChI=1S/C16H18N2O2S2/c1-19-11-8-9-14(20-2)13(10-11)18-16(21)17-12-6-4-5-7-15(12)22-3/h4-10H,1-3H3,(H2,17,18,21). The van der Waals surface area contributed by atoms with Crippen molar-refractivity contribution in [1.82, 2.24) is 0 Å². The Hall–Kier alpha value is -1.92. The Balaban J connectivity index is 2.15. The highest BCUT2D eigenvalue weighted by Crippen LogP contribution is 2.29. The second-order valence-electron chi connectivity index (χ2n) is 4.35. The fourth-order valence-corrected chi connectivity index (χ4v) is 2.71. The minimum atomic E-state index is 0.494. The number of methoxy groups -OCH3 is 2. The Morgan fingerprint density at radius 3 is 2.41 bits per heavy atom. The van der Waals surface area contributed by atoms with Crippen LogP contribution in [0, 0.1) is 0 Å². The Bertz CT molecular complexity index is 662. The van der Waals surface area contributed by atoms with E-state index >= 15 is 0 Å². The van der Waals surface area contributed by atoms with Crippen molar-refractivity contribution in [3.63, 3.8) is 0 Å². The molecule has 2 aromatic carbocycles. The molecule has 0 saturated carbocycles. The molecule has 0 fully saturated rings. The zero-order chi connectivity index (χ0) is 15.9. The predicted octanol–water partition coefficient (Wildman–Crippen LogP) is 4.23. The molecule has 0 saturated heterocycles. The molecule has 0 radical (unpaired) electrons. The van der Waals surface area contributed by atoms with Crippen LogP contribution in [0.25, 0.3) is 0 Å². The quantitative estimate of drug-likeness (QED) is 0.630. The SMILES string of the molecule is COc1ccc(OC)c(NC(=S)Nc2ccccc2SC)c1. The Morgan fingerprint density at radius 2 is 1.73 bits per heavy atom. The first-order valence-electron chi connectivity index (χ1n) is 6.61. The molecule has 0 atom stereocenters. The van der Waals surface area contributed by atoms with Gasteiger partial charge in [-0.05, 0) is 42.7 Å². The van der Waals surface area contributed by atoms with E-state index in [0.717, 1.165) is 22.0 Å². The Kier molecular flexibility index (Phi) is 5.91. The van der Waals surface area contributed by atoms with E-state index in [9.17, 15) is 0 Å². The van der Waals surface area contributed by atoms with Crippen LogP contribution in [0.2, 0.25) is 0 Å². The van der Waals surface area contributed by atoms with Crippen molar-refractivity contribution in [2.75, 3.05) is 31.1 Å². The van der Waals surface area contributed by atoms with Gasteiger partial charge < -0.3 is 20.1 Å². The first kappa shape index (κ1) is 16.5. The average molecular weight is 334 g/mol. The summed E-state index contributed by atoms with van der Waals surface area (Å²) in [5, 5.41) is 6.84. The molecular formula is C16H18N2O2S2. The number of thiocarbonyl (C=S) groups is 1. The van der Waals surface area contributed by atoms with Gasteiger partial charge in [-0.2, -0.15) is 0 Å². The van der Waals surface area contributed by atoms with Crippen molar-refractivity contribution in [2.24, 2.45) is 0 Å². The third kappa shape index (κ3) is 4.05. The number of benzene rings is 2. The molecule has 4 nitrogen and oxygen atoms in total. The van der Waals surface area contributed by atoms with Gasteiger partial charge in [0.05, 0.1) is 25.6 Å². The van der Waals surface area contributed by atoms with Crippen molar-refractivity contribution in [2.45, 2.75) is 4.90 Å². The summed E-state index contributed by atoms with van der Waals surface area (Å²) in [6.07, 6.45) is 2.03. The van der Waals surface area contributed by atoms with Crippen LogP contribution >= 0.6 is 24.0 Å². The Morgan fingerprint density at radius 1 is 1.00 bits per heavy atom. The molecule has 0 aliphatic heterocycles. The minimum Gasteiger partial charge on any atom is -0.497 e. The van der Waals surface area contributed by atoms with Crippen molar-refractivity contribution in [3.05, 3.63) is 42.5 Å². The molecule has 2 rings (SSSR count). The third-order valence-corrected chi connectivity index (χ3v) is 4.01. The molecule has 2 aromatic rings. The first-order valence-corrected chi connectivity index (χ1v) is 8.24. The second-order valence-corrected chi connectivity index (χ2v) is 5.60. The number of anilines is 2. The lowest BCUT2D eigenvalue weighted by atomic mass is 10.2. The maximum atomic E-state index is 5.38. The molecule has 2 N–H and O–H groups in total. The number of para-hydroxylation sites is 1. The molecule has 6 heteroatoms. The molecule has 0 amide bonds. The summed E-state index contributed by atoms with van der Waals surface area (Å²) < 4.78 is 10.6. The number of hydrogen-bond donors (Lipinski definition) is 2. The van der Waals surface area contributed by atoms with Gasteiger partial charge in [0.15, 0.2) is 5.11 Å². The summed E-state index contributed by atoms with van der Waals surface area (Å²) in [5.41, 5.74) is 1.72. The number of rotatable bonds is 5. The number of ether oxygens (including phenoxy) is 2. The lowest BCUT2D eigenvalue weighted by Gasteiger charge is -2.15.